The van der Waals surface area contributed by atoms with E-state index in [1.807, 2.05) is 0 Å². The van der Waals surface area contributed by atoms with Crippen molar-refractivity contribution in [2.75, 3.05) is 0 Å². The van der Waals surface area contributed by atoms with Gasteiger partial charge in [-0.2, -0.15) is 39.5 Å². The minimum Gasteiger partial charge on any atom is -0.207 e. The Morgan fingerprint density at radius 3 is 1.45 bits per heavy atom. The van der Waals surface area contributed by atoms with E-state index in [9.17, 15) is 48.3 Å². The molecule has 0 bridgehead atoms. The van der Waals surface area contributed by atoms with E-state index < -0.39 is 55.0 Å². The van der Waals surface area contributed by atoms with Crippen LogP contribution in [-0.4, -0.2) is 29.9 Å². The maximum atomic E-state index is 13.2. The normalized spacial score (nSPS) is 18.7. The van der Waals surface area contributed by atoms with Crippen molar-refractivity contribution in [3.63, 3.8) is 0 Å². The van der Waals surface area contributed by atoms with Crippen LogP contribution in [0.3, 0.4) is 0 Å². The molecule has 0 aromatic heterocycles. The van der Waals surface area contributed by atoms with E-state index in [0.717, 1.165) is 0 Å². The molecule has 1 saturated carbocycles. The Balaban J connectivity index is 2.82. The lowest BCUT2D eigenvalue weighted by atomic mass is 9.96. The number of alkyl halides is 11. The number of hydrogen-bond donors (Lipinski definition) is 0. The molecule has 11 heteroatoms. The van der Waals surface area contributed by atoms with Gasteiger partial charge >= 0.3 is 23.9 Å². The molecule has 132 valence electrons. The molecule has 0 unspecified atom stereocenters. The highest BCUT2D eigenvalue weighted by Gasteiger charge is 2.81. The Bertz CT molecular complexity index is 391. The molecule has 0 aromatic rings. The van der Waals surface area contributed by atoms with Crippen molar-refractivity contribution in [1.82, 2.24) is 0 Å². The molecule has 0 spiro atoms. The molecular weight excluding hydrogens is 341 g/mol. The van der Waals surface area contributed by atoms with E-state index in [1.54, 1.807) is 0 Å². The van der Waals surface area contributed by atoms with Gasteiger partial charge in [0, 0.05) is 19.3 Å². The minimum atomic E-state index is -7.03. The molecule has 0 heterocycles. The highest BCUT2D eigenvalue weighted by atomic mass is 19.4. The zero-order valence-corrected chi connectivity index (χ0v) is 10.8. The fourth-order valence-electron chi connectivity index (χ4n) is 1.75. The van der Waals surface area contributed by atoms with Gasteiger partial charge in [-0.05, 0) is 18.8 Å². The van der Waals surface area contributed by atoms with Gasteiger partial charge in [0.05, 0.1) is 0 Å². The zero-order valence-electron chi connectivity index (χ0n) is 10.8. The smallest absolute Gasteiger partial charge is 0.207 e. The molecule has 1 aliphatic carbocycles. The molecule has 0 nitrogen and oxygen atoms in total. The number of rotatable bonds is 7. The second-order valence-corrected chi connectivity index (χ2v) is 5.35. The van der Waals surface area contributed by atoms with Gasteiger partial charge in [0.25, 0.3) is 0 Å². The van der Waals surface area contributed by atoms with Gasteiger partial charge in [-0.3, -0.25) is 0 Å². The van der Waals surface area contributed by atoms with Crippen molar-refractivity contribution < 1.29 is 48.3 Å². The SMILES string of the molecule is FC(F)(CCC(F)(F)C(F)(F)C(F)(F)C(F)(F)F)CC1CC1. The quantitative estimate of drug-likeness (QED) is 0.518. The third-order valence-corrected chi connectivity index (χ3v) is 3.30. The van der Waals surface area contributed by atoms with Crippen molar-refractivity contribution in [3.05, 3.63) is 0 Å². The zero-order chi connectivity index (χ0) is 17.6. The summed E-state index contributed by atoms with van der Waals surface area (Å²) >= 11 is 0. The van der Waals surface area contributed by atoms with E-state index in [2.05, 4.69) is 0 Å². The van der Waals surface area contributed by atoms with Crippen LogP contribution in [0.15, 0.2) is 0 Å². The molecule has 1 rings (SSSR count). The van der Waals surface area contributed by atoms with Gasteiger partial charge in [0.1, 0.15) is 0 Å². The molecule has 1 aliphatic rings. The third-order valence-electron chi connectivity index (χ3n) is 3.30. The van der Waals surface area contributed by atoms with Gasteiger partial charge in [0.15, 0.2) is 0 Å². The first-order valence-electron chi connectivity index (χ1n) is 6.11. The average Bonchev–Trinajstić information content (AvgIpc) is 3.08. The van der Waals surface area contributed by atoms with Crippen LogP contribution in [-0.2, 0) is 0 Å². The van der Waals surface area contributed by atoms with Crippen molar-refractivity contribution in [2.24, 2.45) is 5.92 Å². The van der Waals surface area contributed by atoms with Crippen LogP contribution in [0, 0.1) is 5.92 Å². The first-order valence-corrected chi connectivity index (χ1v) is 6.11. The topological polar surface area (TPSA) is 0 Å². The molecule has 0 amide bonds. The van der Waals surface area contributed by atoms with Crippen LogP contribution in [0.5, 0.6) is 0 Å². The predicted octanol–water partition coefficient (Wildman–Crippen LogP) is 5.67. The van der Waals surface area contributed by atoms with Crippen LogP contribution in [0.4, 0.5) is 48.3 Å². The average molecular weight is 352 g/mol. The summed E-state index contributed by atoms with van der Waals surface area (Å²) in [6.45, 7) is 0. The van der Waals surface area contributed by atoms with E-state index in [-0.39, 0.29) is 0 Å². The van der Waals surface area contributed by atoms with Crippen LogP contribution >= 0.6 is 0 Å². The van der Waals surface area contributed by atoms with E-state index in [4.69, 9.17) is 0 Å². The van der Waals surface area contributed by atoms with Crippen molar-refractivity contribution >= 4 is 0 Å². The summed E-state index contributed by atoms with van der Waals surface area (Å²) in [5.41, 5.74) is 0. The number of halogens is 11. The summed E-state index contributed by atoms with van der Waals surface area (Å²) in [4.78, 5) is 0. The molecule has 0 radical (unpaired) electrons. The molecule has 22 heavy (non-hydrogen) atoms. The monoisotopic (exact) mass is 352 g/mol. The predicted molar refractivity (Wildman–Crippen MR) is 52.4 cm³/mol. The fraction of sp³-hybridized carbons (Fsp3) is 1.00. The van der Waals surface area contributed by atoms with Gasteiger partial charge < -0.3 is 0 Å². The van der Waals surface area contributed by atoms with Crippen LogP contribution in [0.25, 0.3) is 0 Å². The Morgan fingerprint density at radius 1 is 0.636 bits per heavy atom. The highest BCUT2D eigenvalue weighted by Crippen LogP contribution is 2.55. The summed E-state index contributed by atoms with van der Waals surface area (Å²) in [5.74, 6) is -24.1. The van der Waals surface area contributed by atoms with Crippen molar-refractivity contribution in [1.29, 1.82) is 0 Å². The molecule has 0 saturated heterocycles. The Morgan fingerprint density at radius 2 is 1.09 bits per heavy atom. The van der Waals surface area contributed by atoms with Gasteiger partial charge in [-0.15, -0.1) is 0 Å². The summed E-state index contributed by atoms with van der Waals surface area (Å²) in [6.07, 6.45) is -11.4. The van der Waals surface area contributed by atoms with Crippen LogP contribution < -0.4 is 0 Å². The second-order valence-electron chi connectivity index (χ2n) is 5.35. The van der Waals surface area contributed by atoms with Gasteiger partial charge in [-0.25, -0.2) is 8.78 Å². The summed E-state index contributed by atoms with van der Waals surface area (Å²) in [6, 6.07) is 0. The van der Waals surface area contributed by atoms with E-state index >= 15 is 0 Å². The maximum absolute atomic E-state index is 13.2. The van der Waals surface area contributed by atoms with Gasteiger partial charge in [-0.1, -0.05) is 0 Å². The van der Waals surface area contributed by atoms with Crippen LogP contribution in [0.1, 0.15) is 32.1 Å². The lowest BCUT2D eigenvalue weighted by molar-refractivity contribution is -0.397. The van der Waals surface area contributed by atoms with Gasteiger partial charge in [0.2, 0.25) is 5.92 Å². The molecule has 0 aliphatic heterocycles. The Hall–Kier alpha value is -0.770. The Labute approximate surface area is 117 Å². The maximum Gasteiger partial charge on any atom is 0.460 e. The molecule has 1 fully saturated rings. The second kappa shape index (κ2) is 5.40. The Kier molecular flexibility index (Phi) is 4.73. The van der Waals surface area contributed by atoms with Crippen molar-refractivity contribution in [3.8, 4) is 0 Å². The molecule has 0 aromatic carbocycles. The summed E-state index contributed by atoms with van der Waals surface area (Å²) < 4.78 is 139. The third kappa shape index (κ3) is 3.76. The fourth-order valence-corrected chi connectivity index (χ4v) is 1.75. The minimum absolute atomic E-state index is 0.397. The number of hydrogen-bond acceptors (Lipinski definition) is 0. The molecule has 0 N–H and O–H groups in total. The van der Waals surface area contributed by atoms with E-state index in [0.29, 0.717) is 12.8 Å². The lowest BCUT2D eigenvalue weighted by Crippen LogP contribution is -2.61. The first kappa shape index (κ1) is 19.3. The van der Waals surface area contributed by atoms with Crippen molar-refractivity contribution in [2.45, 2.75) is 62.0 Å². The lowest BCUT2D eigenvalue weighted by Gasteiger charge is -2.34. The first-order chi connectivity index (χ1) is 9.54. The van der Waals surface area contributed by atoms with E-state index in [1.165, 1.54) is 0 Å². The highest BCUT2D eigenvalue weighted by molar-refractivity contribution is 5.00. The standard InChI is InChI=1S/C11H11F11/c12-7(13,5-6-1-2-6)3-4-8(14,15)9(16,17)10(18,19)11(20,21)22/h6H,1-5H2. The summed E-state index contributed by atoms with van der Waals surface area (Å²) in [7, 11) is 0. The van der Waals surface area contributed by atoms with Crippen LogP contribution in [0.2, 0.25) is 0 Å². The molecular formula is C11H11F11. The summed E-state index contributed by atoms with van der Waals surface area (Å²) in [5, 5.41) is 0. The largest absolute Gasteiger partial charge is 0.460 e. The molecule has 0 atom stereocenters.